The number of anilines is 1. The lowest BCUT2D eigenvalue weighted by Gasteiger charge is -2.56. The molecular formula is C20H23N5O6. The summed E-state index contributed by atoms with van der Waals surface area (Å²) in [5, 5.41) is 11.3. The van der Waals surface area contributed by atoms with E-state index in [4.69, 9.17) is 0 Å². The van der Waals surface area contributed by atoms with Gasteiger partial charge in [0.25, 0.3) is 5.69 Å². The van der Waals surface area contributed by atoms with Gasteiger partial charge in [-0.15, -0.1) is 0 Å². The quantitative estimate of drug-likeness (QED) is 0.383. The maximum atomic E-state index is 13.5. The SMILES string of the molecule is CCC(=O)N1CCN2c3ccc([N+](=O)[O-])cc3CC3(C(=O)N(C)C(=O)N(C)C3=O)C2C1. The van der Waals surface area contributed by atoms with E-state index >= 15 is 0 Å². The molecule has 0 saturated carbocycles. The van der Waals surface area contributed by atoms with Gasteiger partial charge in [-0.3, -0.25) is 34.3 Å². The van der Waals surface area contributed by atoms with E-state index in [1.165, 1.54) is 26.2 Å². The van der Waals surface area contributed by atoms with Gasteiger partial charge in [-0.2, -0.15) is 0 Å². The molecular weight excluding hydrogens is 406 g/mol. The van der Waals surface area contributed by atoms with E-state index in [-0.39, 0.29) is 24.6 Å². The summed E-state index contributed by atoms with van der Waals surface area (Å²) in [5.41, 5.74) is -0.599. The second-order valence-electron chi connectivity index (χ2n) is 8.13. The zero-order valence-corrected chi connectivity index (χ0v) is 17.5. The standard InChI is InChI=1S/C20H23N5O6/c1-4-16(26)23-7-8-24-14-6-5-13(25(30)31)9-12(14)10-20(15(24)11-23)17(27)21(2)19(29)22(3)18(20)28/h5-6,9,15H,4,7-8,10-11H2,1-3H3. The van der Waals surface area contributed by atoms with E-state index < -0.39 is 34.2 Å². The van der Waals surface area contributed by atoms with Crippen molar-refractivity contribution in [2.24, 2.45) is 5.41 Å². The van der Waals surface area contributed by atoms with Gasteiger partial charge in [0.15, 0.2) is 5.41 Å². The highest BCUT2D eigenvalue weighted by Gasteiger charge is 2.64. The summed E-state index contributed by atoms with van der Waals surface area (Å²) in [6.07, 6.45) is 0.210. The smallest absolute Gasteiger partial charge is 0.332 e. The number of urea groups is 1. The normalized spacial score (nSPS) is 22.5. The number of hydrogen-bond donors (Lipinski definition) is 0. The van der Waals surface area contributed by atoms with E-state index in [1.54, 1.807) is 17.9 Å². The fraction of sp³-hybridized carbons (Fsp3) is 0.500. The average Bonchev–Trinajstić information content (AvgIpc) is 2.78. The van der Waals surface area contributed by atoms with Crippen LogP contribution in [-0.2, 0) is 20.8 Å². The zero-order valence-electron chi connectivity index (χ0n) is 17.5. The number of hydrogen-bond acceptors (Lipinski definition) is 7. The lowest BCUT2D eigenvalue weighted by molar-refractivity contribution is -0.384. The molecule has 3 aliphatic heterocycles. The molecule has 0 N–H and O–H groups in total. The number of nitrogens with zero attached hydrogens (tertiary/aromatic N) is 5. The first-order valence-corrected chi connectivity index (χ1v) is 10.1. The number of carbonyl (C=O) groups is 4. The van der Waals surface area contributed by atoms with Gasteiger partial charge in [-0.05, 0) is 11.6 Å². The van der Waals surface area contributed by atoms with Gasteiger partial charge in [-0.25, -0.2) is 4.79 Å². The third-order valence-corrected chi connectivity index (χ3v) is 6.60. The van der Waals surface area contributed by atoms with Crippen LogP contribution in [0.1, 0.15) is 18.9 Å². The molecule has 3 aliphatic rings. The molecule has 5 amide bonds. The molecule has 2 fully saturated rings. The van der Waals surface area contributed by atoms with Gasteiger partial charge in [0, 0.05) is 64.4 Å². The van der Waals surface area contributed by atoms with E-state index in [0.29, 0.717) is 30.8 Å². The molecule has 1 aromatic rings. The minimum atomic E-state index is -1.66. The van der Waals surface area contributed by atoms with Crippen molar-refractivity contribution in [1.29, 1.82) is 0 Å². The monoisotopic (exact) mass is 429 g/mol. The van der Waals surface area contributed by atoms with Crippen LogP contribution >= 0.6 is 0 Å². The minimum Gasteiger partial charge on any atom is -0.363 e. The Morgan fingerprint density at radius 3 is 2.39 bits per heavy atom. The van der Waals surface area contributed by atoms with Gasteiger partial charge in [0.1, 0.15) is 0 Å². The molecule has 0 aromatic heterocycles. The van der Waals surface area contributed by atoms with Crippen molar-refractivity contribution >= 4 is 35.1 Å². The fourth-order valence-electron chi connectivity index (χ4n) is 4.99. The predicted octanol–water partition coefficient (Wildman–Crippen LogP) is 0.615. The molecule has 0 aliphatic carbocycles. The van der Waals surface area contributed by atoms with Gasteiger partial charge < -0.3 is 9.80 Å². The Labute approximate surface area is 178 Å². The summed E-state index contributed by atoms with van der Waals surface area (Å²) >= 11 is 0. The molecule has 3 heterocycles. The highest BCUT2D eigenvalue weighted by molar-refractivity contribution is 6.20. The number of imide groups is 2. The molecule has 2 saturated heterocycles. The van der Waals surface area contributed by atoms with Crippen molar-refractivity contribution in [3.63, 3.8) is 0 Å². The number of benzene rings is 1. The number of non-ortho nitro benzene ring substituents is 1. The summed E-state index contributed by atoms with van der Waals surface area (Å²) < 4.78 is 0. The topological polar surface area (TPSA) is 124 Å². The van der Waals surface area contributed by atoms with Crippen molar-refractivity contribution in [2.45, 2.75) is 25.8 Å². The second-order valence-corrected chi connectivity index (χ2v) is 8.13. The average molecular weight is 429 g/mol. The lowest BCUT2D eigenvalue weighted by Crippen LogP contribution is -2.75. The molecule has 11 heteroatoms. The van der Waals surface area contributed by atoms with Crippen LogP contribution in [0.15, 0.2) is 18.2 Å². The maximum absolute atomic E-state index is 13.5. The summed E-state index contributed by atoms with van der Waals surface area (Å²) in [4.78, 5) is 67.9. The van der Waals surface area contributed by atoms with E-state index in [0.717, 1.165) is 9.80 Å². The van der Waals surface area contributed by atoms with Crippen LogP contribution in [0.5, 0.6) is 0 Å². The fourth-order valence-corrected chi connectivity index (χ4v) is 4.99. The van der Waals surface area contributed by atoms with Gasteiger partial charge >= 0.3 is 6.03 Å². The van der Waals surface area contributed by atoms with Gasteiger partial charge in [0.2, 0.25) is 17.7 Å². The number of fused-ring (bicyclic) bond motifs is 4. The Balaban J connectivity index is 1.90. The number of barbiturate groups is 1. The highest BCUT2D eigenvalue weighted by Crippen LogP contribution is 2.47. The third-order valence-electron chi connectivity index (χ3n) is 6.60. The van der Waals surface area contributed by atoms with Crippen LogP contribution in [0.2, 0.25) is 0 Å². The Bertz CT molecular complexity index is 999. The van der Waals surface area contributed by atoms with Crippen LogP contribution in [0.4, 0.5) is 16.2 Å². The molecule has 1 spiro atoms. The molecule has 4 rings (SSSR count). The van der Waals surface area contributed by atoms with E-state index in [9.17, 15) is 29.3 Å². The molecule has 0 bridgehead atoms. The van der Waals surface area contributed by atoms with Gasteiger partial charge in [-0.1, -0.05) is 6.92 Å². The number of piperazine rings is 1. The summed E-state index contributed by atoms with van der Waals surface area (Å²) in [7, 11) is 2.64. The number of rotatable bonds is 2. The minimum absolute atomic E-state index is 0.0844. The van der Waals surface area contributed by atoms with Crippen molar-refractivity contribution < 1.29 is 24.1 Å². The first kappa shape index (κ1) is 20.8. The second kappa shape index (κ2) is 7.03. The lowest BCUT2D eigenvalue weighted by atomic mass is 9.67. The maximum Gasteiger partial charge on any atom is 0.332 e. The Hall–Kier alpha value is -3.50. The first-order valence-electron chi connectivity index (χ1n) is 10.1. The van der Waals surface area contributed by atoms with Crippen molar-refractivity contribution in [2.75, 3.05) is 38.6 Å². The molecule has 31 heavy (non-hydrogen) atoms. The Kier molecular flexibility index (Phi) is 4.71. The number of nitro groups is 1. The summed E-state index contributed by atoms with van der Waals surface area (Å²) in [5.74, 6) is -1.39. The number of amides is 5. The largest absolute Gasteiger partial charge is 0.363 e. The third kappa shape index (κ3) is 2.79. The summed E-state index contributed by atoms with van der Waals surface area (Å²) in [6, 6.07) is 2.98. The van der Waals surface area contributed by atoms with Crippen molar-refractivity contribution in [3.05, 3.63) is 33.9 Å². The summed E-state index contributed by atoms with van der Waals surface area (Å²) in [6.45, 7) is 2.67. The molecule has 0 radical (unpaired) electrons. The van der Waals surface area contributed by atoms with Crippen LogP contribution < -0.4 is 4.90 Å². The highest BCUT2D eigenvalue weighted by atomic mass is 16.6. The van der Waals surface area contributed by atoms with E-state index in [2.05, 4.69) is 0 Å². The van der Waals surface area contributed by atoms with Gasteiger partial charge in [0.05, 0.1) is 11.0 Å². The van der Waals surface area contributed by atoms with Crippen molar-refractivity contribution in [1.82, 2.24) is 14.7 Å². The molecule has 1 aromatic carbocycles. The van der Waals surface area contributed by atoms with Crippen LogP contribution in [-0.4, -0.2) is 83.1 Å². The molecule has 164 valence electrons. The number of carbonyl (C=O) groups excluding carboxylic acids is 4. The molecule has 1 atom stereocenters. The Morgan fingerprint density at radius 1 is 1.16 bits per heavy atom. The van der Waals surface area contributed by atoms with Crippen LogP contribution in [0.25, 0.3) is 0 Å². The number of nitro benzene ring substituents is 1. The first-order chi connectivity index (χ1) is 14.6. The predicted molar refractivity (Wildman–Crippen MR) is 108 cm³/mol. The Morgan fingerprint density at radius 2 is 1.81 bits per heavy atom. The van der Waals surface area contributed by atoms with Crippen LogP contribution in [0, 0.1) is 15.5 Å². The van der Waals surface area contributed by atoms with Crippen LogP contribution in [0.3, 0.4) is 0 Å². The molecule has 11 nitrogen and oxygen atoms in total. The zero-order chi connectivity index (χ0) is 22.7. The van der Waals surface area contributed by atoms with E-state index in [1.807, 2.05) is 4.90 Å². The van der Waals surface area contributed by atoms with Crippen molar-refractivity contribution in [3.8, 4) is 0 Å². The molecule has 1 unspecified atom stereocenters.